The van der Waals surface area contributed by atoms with Crippen LogP contribution in [0.25, 0.3) is 0 Å². The van der Waals surface area contributed by atoms with E-state index in [1.165, 1.54) is 12.1 Å². The standard InChI is InChI=1S/C18H26FNO/c1-18(2,3)12-17(21)20-11-5-4-6-15(13-20)14-7-9-16(19)10-8-14/h7-10,15H,4-6,11-13H2,1-3H3. The highest BCUT2D eigenvalue weighted by atomic mass is 19.1. The van der Waals surface area contributed by atoms with Gasteiger partial charge in [-0.15, -0.1) is 0 Å². The summed E-state index contributed by atoms with van der Waals surface area (Å²) in [6.45, 7) is 7.91. The second kappa shape index (κ2) is 6.59. The van der Waals surface area contributed by atoms with Crippen LogP contribution < -0.4 is 0 Å². The Morgan fingerprint density at radius 1 is 1.24 bits per heavy atom. The van der Waals surface area contributed by atoms with E-state index in [-0.39, 0.29) is 17.1 Å². The smallest absolute Gasteiger partial charge is 0.223 e. The van der Waals surface area contributed by atoms with Crippen LogP contribution in [0.4, 0.5) is 4.39 Å². The van der Waals surface area contributed by atoms with E-state index in [4.69, 9.17) is 0 Å². The lowest BCUT2D eigenvalue weighted by Gasteiger charge is -2.28. The molecule has 1 aromatic rings. The Balaban J connectivity index is 2.07. The minimum Gasteiger partial charge on any atom is -0.342 e. The van der Waals surface area contributed by atoms with Crippen LogP contribution in [0.2, 0.25) is 0 Å². The zero-order valence-electron chi connectivity index (χ0n) is 13.4. The fraction of sp³-hybridized carbons (Fsp3) is 0.611. The molecule has 2 rings (SSSR count). The van der Waals surface area contributed by atoms with Crippen LogP contribution in [0, 0.1) is 11.2 Å². The number of likely N-dealkylation sites (tertiary alicyclic amines) is 1. The predicted molar refractivity (Wildman–Crippen MR) is 83.6 cm³/mol. The molecule has 1 aliphatic rings. The first-order chi connectivity index (χ1) is 9.85. The van der Waals surface area contributed by atoms with Gasteiger partial charge in [0.2, 0.25) is 5.91 Å². The first-order valence-electron chi connectivity index (χ1n) is 7.88. The maximum atomic E-state index is 13.1. The topological polar surface area (TPSA) is 20.3 Å². The van der Waals surface area contributed by atoms with Crippen molar-refractivity contribution in [3.8, 4) is 0 Å². The lowest BCUT2D eigenvalue weighted by Crippen LogP contribution is -2.36. The van der Waals surface area contributed by atoms with Gasteiger partial charge in [-0.1, -0.05) is 39.3 Å². The first kappa shape index (κ1) is 16.0. The Hall–Kier alpha value is -1.38. The predicted octanol–water partition coefficient (Wildman–Crippen LogP) is 4.36. The highest BCUT2D eigenvalue weighted by Gasteiger charge is 2.26. The van der Waals surface area contributed by atoms with Crippen molar-refractivity contribution in [2.45, 2.75) is 52.4 Å². The summed E-state index contributed by atoms with van der Waals surface area (Å²) in [5.74, 6) is 0.376. The van der Waals surface area contributed by atoms with Crippen molar-refractivity contribution in [1.29, 1.82) is 0 Å². The number of nitrogens with zero attached hydrogens (tertiary/aromatic N) is 1. The molecule has 0 spiro atoms. The molecule has 1 aromatic carbocycles. The maximum absolute atomic E-state index is 13.1. The second-order valence-corrected chi connectivity index (χ2v) is 7.32. The number of amides is 1. The summed E-state index contributed by atoms with van der Waals surface area (Å²) in [6.07, 6.45) is 3.85. The molecule has 3 heteroatoms. The SMILES string of the molecule is CC(C)(C)CC(=O)N1CCCCC(c2ccc(F)cc2)C1. The molecule has 1 fully saturated rings. The third-order valence-corrected chi connectivity index (χ3v) is 4.05. The summed E-state index contributed by atoms with van der Waals surface area (Å²) in [4.78, 5) is 14.5. The van der Waals surface area contributed by atoms with Crippen LogP contribution in [-0.2, 0) is 4.79 Å². The van der Waals surface area contributed by atoms with E-state index in [1.54, 1.807) is 0 Å². The summed E-state index contributed by atoms with van der Waals surface area (Å²) in [6, 6.07) is 6.75. The Kier molecular flexibility index (Phi) is 5.02. The number of hydrogen-bond donors (Lipinski definition) is 0. The molecule has 1 heterocycles. The minimum atomic E-state index is -0.201. The normalized spacial score (nSPS) is 20.2. The number of halogens is 1. The molecular weight excluding hydrogens is 265 g/mol. The van der Waals surface area contributed by atoms with Crippen LogP contribution in [0.5, 0.6) is 0 Å². The van der Waals surface area contributed by atoms with Crippen molar-refractivity contribution in [2.75, 3.05) is 13.1 Å². The van der Waals surface area contributed by atoms with Crippen molar-refractivity contribution < 1.29 is 9.18 Å². The molecule has 1 unspecified atom stereocenters. The van der Waals surface area contributed by atoms with Gasteiger partial charge in [0.05, 0.1) is 0 Å². The van der Waals surface area contributed by atoms with Crippen molar-refractivity contribution in [3.63, 3.8) is 0 Å². The average molecular weight is 291 g/mol. The highest BCUT2D eigenvalue weighted by molar-refractivity contribution is 5.77. The summed E-state index contributed by atoms with van der Waals surface area (Å²) in [5, 5.41) is 0. The van der Waals surface area contributed by atoms with E-state index < -0.39 is 0 Å². The lowest BCUT2D eigenvalue weighted by molar-refractivity contribution is -0.133. The van der Waals surface area contributed by atoms with Crippen molar-refractivity contribution in [3.05, 3.63) is 35.6 Å². The molecule has 0 N–H and O–H groups in total. The fourth-order valence-electron chi connectivity index (χ4n) is 2.94. The van der Waals surface area contributed by atoms with Crippen molar-refractivity contribution in [1.82, 2.24) is 4.90 Å². The molecule has 21 heavy (non-hydrogen) atoms. The molecule has 0 saturated carbocycles. The molecule has 1 saturated heterocycles. The monoisotopic (exact) mass is 291 g/mol. The molecule has 0 aliphatic carbocycles. The molecule has 2 nitrogen and oxygen atoms in total. The van der Waals surface area contributed by atoms with Gasteiger partial charge in [0.25, 0.3) is 0 Å². The molecule has 0 radical (unpaired) electrons. The van der Waals surface area contributed by atoms with E-state index in [2.05, 4.69) is 20.8 Å². The van der Waals surface area contributed by atoms with Gasteiger partial charge in [-0.05, 0) is 36.0 Å². The summed E-state index contributed by atoms with van der Waals surface area (Å²) >= 11 is 0. The third kappa shape index (κ3) is 4.83. The van der Waals surface area contributed by atoms with E-state index in [1.807, 2.05) is 17.0 Å². The van der Waals surface area contributed by atoms with Crippen molar-refractivity contribution >= 4 is 5.91 Å². The number of carbonyl (C=O) groups is 1. The van der Waals surface area contributed by atoms with Gasteiger partial charge >= 0.3 is 0 Å². The fourth-order valence-corrected chi connectivity index (χ4v) is 2.94. The van der Waals surface area contributed by atoms with Gasteiger partial charge < -0.3 is 4.90 Å². The summed E-state index contributed by atoms with van der Waals surface area (Å²) < 4.78 is 13.1. The summed E-state index contributed by atoms with van der Waals surface area (Å²) in [7, 11) is 0. The van der Waals surface area contributed by atoms with Crippen molar-refractivity contribution in [2.24, 2.45) is 5.41 Å². The summed E-state index contributed by atoms with van der Waals surface area (Å²) in [5.41, 5.74) is 1.17. The molecule has 1 amide bonds. The number of rotatable bonds is 2. The molecule has 116 valence electrons. The Morgan fingerprint density at radius 3 is 2.52 bits per heavy atom. The number of hydrogen-bond acceptors (Lipinski definition) is 1. The third-order valence-electron chi connectivity index (χ3n) is 4.05. The number of carbonyl (C=O) groups excluding carboxylic acids is 1. The van der Waals surface area contributed by atoms with Crippen LogP contribution in [0.1, 0.15) is 57.9 Å². The Bertz CT molecular complexity index is 475. The average Bonchev–Trinajstić information content (AvgIpc) is 2.63. The van der Waals surface area contributed by atoms with Gasteiger partial charge in [0, 0.05) is 25.4 Å². The van der Waals surface area contributed by atoms with E-state index in [9.17, 15) is 9.18 Å². The highest BCUT2D eigenvalue weighted by Crippen LogP contribution is 2.28. The van der Waals surface area contributed by atoms with Gasteiger partial charge in [-0.3, -0.25) is 4.79 Å². The lowest BCUT2D eigenvalue weighted by atomic mass is 9.91. The zero-order valence-corrected chi connectivity index (χ0v) is 13.4. The number of benzene rings is 1. The van der Waals surface area contributed by atoms with E-state index in [0.717, 1.165) is 37.9 Å². The van der Waals surface area contributed by atoms with E-state index in [0.29, 0.717) is 12.3 Å². The molecule has 1 atom stereocenters. The molecule has 0 aromatic heterocycles. The van der Waals surface area contributed by atoms with Crippen LogP contribution in [0.15, 0.2) is 24.3 Å². The van der Waals surface area contributed by atoms with Gasteiger partial charge in [-0.25, -0.2) is 4.39 Å². The second-order valence-electron chi connectivity index (χ2n) is 7.32. The quantitative estimate of drug-likeness (QED) is 0.793. The largest absolute Gasteiger partial charge is 0.342 e. The maximum Gasteiger partial charge on any atom is 0.223 e. The Labute approximate surface area is 127 Å². The minimum absolute atomic E-state index is 0.0226. The van der Waals surface area contributed by atoms with Gasteiger partial charge in [0.1, 0.15) is 5.82 Å². The molecular formula is C18H26FNO. The van der Waals surface area contributed by atoms with Crippen LogP contribution in [0.3, 0.4) is 0 Å². The van der Waals surface area contributed by atoms with Gasteiger partial charge in [-0.2, -0.15) is 0 Å². The van der Waals surface area contributed by atoms with Crippen LogP contribution >= 0.6 is 0 Å². The van der Waals surface area contributed by atoms with Gasteiger partial charge in [0.15, 0.2) is 0 Å². The van der Waals surface area contributed by atoms with E-state index >= 15 is 0 Å². The first-order valence-corrected chi connectivity index (χ1v) is 7.88. The zero-order chi connectivity index (χ0) is 15.5. The molecule has 1 aliphatic heterocycles. The van der Waals surface area contributed by atoms with Crippen LogP contribution in [-0.4, -0.2) is 23.9 Å². The Morgan fingerprint density at radius 2 is 1.90 bits per heavy atom. The molecule has 0 bridgehead atoms.